The van der Waals surface area contributed by atoms with Gasteiger partial charge in [0.25, 0.3) is 0 Å². The highest BCUT2D eigenvalue weighted by atomic mass is 35.5. The highest BCUT2D eigenvalue weighted by molar-refractivity contribution is 6.30. The van der Waals surface area contributed by atoms with Gasteiger partial charge >= 0.3 is 0 Å². The molecule has 5 nitrogen and oxygen atoms in total. The molecule has 0 saturated carbocycles. The third-order valence-corrected chi connectivity index (χ3v) is 4.03. The van der Waals surface area contributed by atoms with E-state index in [1.54, 1.807) is 29.2 Å². The molecule has 0 aliphatic carbocycles. The monoisotopic (exact) mass is 310 g/mol. The molecule has 1 aromatic carbocycles. The van der Waals surface area contributed by atoms with Crippen LogP contribution in [0.3, 0.4) is 0 Å². The minimum absolute atomic E-state index is 0.0123. The Morgan fingerprint density at radius 1 is 1.43 bits per heavy atom. The molecule has 1 fully saturated rings. The zero-order valence-electron chi connectivity index (χ0n) is 11.9. The van der Waals surface area contributed by atoms with Crippen LogP contribution in [0.4, 0.5) is 0 Å². The number of nitrogens with one attached hydrogen (secondary N) is 1. The molecule has 21 heavy (non-hydrogen) atoms. The van der Waals surface area contributed by atoms with Crippen molar-refractivity contribution in [1.82, 2.24) is 10.2 Å². The molecule has 1 aromatic rings. The Labute approximate surface area is 128 Å². The zero-order valence-corrected chi connectivity index (χ0v) is 12.6. The van der Waals surface area contributed by atoms with E-state index in [2.05, 4.69) is 5.32 Å². The normalized spacial score (nSPS) is 19.4. The van der Waals surface area contributed by atoms with Gasteiger partial charge in [-0.3, -0.25) is 9.59 Å². The van der Waals surface area contributed by atoms with Gasteiger partial charge in [0.05, 0.1) is 18.6 Å². The second-order valence-corrected chi connectivity index (χ2v) is 5.68. The van der Waals surface area contributed by atoms with Gasteiger partial charge < -0.3 is 15.3 Å². The predicted octanol–water partition coefficient (Wildman–Crippen LogP) is 1.36. The summed E-state index contributed by atoms with van der Waals surface area (Å²) in [7, 11) is 0. The number of likely N-dealkylation sites (tertiary alicyclic amines) is 1. The van der Waals surface area contributed by atoms with Gasteiger partial charge in [0.2, 0.25) is 11.8 Å². The third kappa shape index (κ3) is 3.95. The van der Waals surface area contributed by atoms with E-state index in [4.69, 9.17) is 11.6 Å². The lowest BCUT2D eigenvalue weighted by Crippen LogP contribution is -2.37. The van der Waals surface area contributed by atoms with Crippen molar-refractivity contribution in [1.29, 1.82) is 0 Å². The number of aliphatic hydroxyl groups is 1. The van der Waals surface area contributed by atoms with E-state index in [0.717, 1.165) is 5.56 Å². The van der Waals surface area contributed by atoms with Crippen LogP contribution in [0.15, 0.2) is 24.3 Å². The van der Waals surface area contributed by atoms with Crippen LogP contribution in [0.1, 0.15) is 24.9 Å². The number of rotatable bonds is 4. The van der Waals surface area contributed by atoms with E-state index < -0.39 is 6.04 Å². The number of aliphatic hydroxyl groups excluding tert-OH is 1. The van der Waals surface area contributed by atoms with Gasteiger partial charge in [0.15, 0.2) is 0 Å². The molecule has 1 heterocycles. The summed E-state index contributed by atoms with van der Waals surface area (Å²) in [6.45, 7) is 2.37. The SMILES string of the molecule is CC(=O)N1CCC(C(=O)NC(CO)c2ccc(Cl)cc2)C1. The van der Waals surface area contributed by atoms with Crippen LogP contribution in [0.5, 0.6) is 0 Å². The van der Waals surface area contributed by atoms with Crippen molar-refractivity contribution in [2.45, 2.75) is 19.4 Å². The van der Waals surface area contributed by atoms with Crippen molar-refractivity contribution >= 4 is 23.4 Å². The van der Waals surface area contributed by atoms with E-state index in [9.17, 15) is 14.7 Å². The Kier molecular flexibility index (Phi) is 5.20. The number of benzene rings is 1. The number of carbonyl (C=O) groups excluding carboxylic acids is 2. The first kappa shape index (κ1) is 15.8. The van der Waals surface area contributed by atoms with Crippen molar-refractivity contribution in [2.24, 2.45) is 5.92 Å². The van der Waals surface area contributed by atoms with Crippen LogP contribution in [0, 0.1) is 5.92 Å². The summed E-state index contributed by atoms with van der Waals surface area (Å²) in [6.07, 6.45) is 0.657. The summed E-state index contributed by atoms with van der Waals surface area (Å²) >= 11 is 5.83. The quantitative estimate of drug-likeness (QED) is 0.882. The van der Waals surface area contributed by atoms with Gasteiger partial charge in [-0.05, 0) is 24.1 Å². The van der Waals surface area contributed by atoms with E-state index >= 15 is 0 Å². The molecular formula is C15H19ClN2O3. The standard InChI is InChI=1S/C15H19ClN2O3/c1-10(20)18-7-6-12(8-18)15(21)17-14(9-19)11-2-4-13(16)5-3-11/h2-5,12,14,19H,6-9H2,1H3,(H,17,21). The lowest BCUT2D eigenvalue weighted by atomic mass is 10.0. The second-order valence-electron chi connectivity index (χ2n) is 5.25. The minimum Gasteiger partial charge on any atom is -0.394 e. The molecule has 1 aliphatic heterocycles. The van der Waals surface area contributed by atoms with Gasteiger partial charge in [-0.1, -0.05) is 23.7 Å². The molecule has 2 atom stereocenters. The highest BCUT2D eigenvalue weighted by Gasteiger charge is 2.30. The smallest absolute Gasteiger partial charge is 0.225 e. The van der Waals surface area contributed by atoms with Crippen molar-refractivity contribution in [3.63, 3.8) is 0 Å². The van der Waals surface area contributed by atoms with Gasteiger partial charge in [-0.2, -0.15) is 0 Å². The summed E-state index contributed by atoms with van der Waals surface area (Å²) < 4.78 is 0. The molecule has 0 bridgehead atoms. The van der Waals surface area contributed by atoms with Crippen LogP contribution in [-0.2, 0) is 9.59 Å². The van der Waals surface area contributed by atoms with E-state index in [0.29, 0.717) is 24.5 Å². The van der Waals surface area contributed by atoms with Crippen LogP contribution >= 0.6 is 11.6 Å². The number of amides is 2. The Morgan fingerprint density at radius 3 is 2.62 bits per heavy atom. The van der Waals surface area contributed by atoms with Gasteiger partial charge in [0, 0.05) is 25.0 Å². The number of hydrogen-bond acceptors (Lipinski definition) is 3. The first-order chi connectivity index (χ1) is 10.0. The van der Waals surface area contributed by atoms with Crippen LogP contribution in [0.25, 0.3) is 0 Å². The average Bonchev–Trinajstić information content (AvgIpc) is 2.96. The fourth-order valence-corrected chi connectivity index (χ4v) is 2.61. The fraction of sp³-hybridized carbons (Fsp3) is 0.467. The highest BCUT2D eigenvalue weighted by Crippen LogP contribution is 2.20. The van der Waals surface area contributed by atoms with Gasteiger partial charge in [-0.25, -0.2) is 0 Å². The molecule has 2 amide bonds. The molecule has 2 rings (SSSR count). The molecule has 2 unspecified atom stereocenters. The lowest BCUT2D eigenvalue weighted by molar-refractivity contribution is -0.128. The number of nitrogens with zero attached hydrogens (tertiary/aromatic N) is 1. The zero-order chi connectivity index (χ0) is 15.4. The lowest BCUT2D eigenvalue weighted by Gasteiger charge is -2.20. The van der Waals surface area contributed by atoms with Crippen LogP contribution in [0.2, 0.25) is 5.02 Å². The summed E-state index contributed by atoms with van der Waals surface area (Å²) in [5.74, 6) is -0.357. The number of hydrogen-bond donors (Lipinski definition) is 2. The number of halogens is 1. The molecular weight excluding hydrogens is 292 g/mol. The second kappa shape index (κ2) is 6.91. The molecule has 1 aliphatic rings. The molecule has 0 spiro atoms. The Hall–Kier alpha value is -1.59. The number of carbonyl (C=O) groups is 2. The van der Waals surface area contributed by atoms with Crippen LogP contribution < -0.4 is 5.32 Å². The maximum Gasteiger partial charge on any atom is 0.225 e. The Bertz CT molecular complexity index is 518. The van der Waals surface area contributed by atoms with Crippen molar-refractivity contribution < 1.29 is 14.7 Å². The largest absolute Gasteiger partial charge is 0.394 e. The summed E-state index contributed by atoms with van der Waals surface area (Å²) in [5.41, 5.74) is 0.802. The van der Waals surface area contributed by atoms with Gasteiger partial charge in [-0.15, -0.1) is 0 Å². The molecule has 2 N–H and O–H groups in total. The Morgan fingerprint density at radius 2 is 2.10 bits per heavy atom. The third-order valence-electron chi connectivity index (χ3n) is 3.78. The molecule has 114 valence electrons. The van der Waals surface area contributed by atoms with Crippen molar-refractivity contribution in [2.75, 3.05) is 19.7 Å². The van der Waals surface area contributed by atoms with Crippen molar-refractivity contribution in [3.8, 4) is 0 Å². The van der Waals surface area contributed by atoms with E-state index in [1.165, 1.54) is 6.92 Å². The first-order valence-electron chi connectivity index (χ1n) is 6.93. The molecule has 1 saturated heterocycles. The van der Waals surface area contributed by atoms with Crippen molar-refractivity contribution in [3.05, 3.63) is 34.9 Å². The topological polar surface area (TPSA) is 69.6 Å². The van der Waals surface area contributed by atoms with Gasteiger partial charge in [0.1, 0.15) is 0 Å². The average molecular weight is 311 g/mol. The van der Waals surface area contributed by atoms with Crippen LogP contribution in [-0.4, -0.2) is 41.5 Å². The fourth-order valence-electron chi connectivity index (χ4n) is 2.48. The van der Waals surface area contributed by atoms with E-state index in [1.807, 2.05) is 0 Å². The predicted molar refractivity (Wildman–Crippen MR) is 79.8 cm³/mol. The first-order valence-corrected chi connectivity index (χ1v) is 7.31. The molecule has 6 heteroatoms. The molecule has 0 aromatic heterocycles. The maximum atomic E-state index is 12.2. The minimum atomic E-state index is -0.457. The van der Waals surface area contributed by atoms with E-state index in [-0.39, 0.29) is 24.3 Å². The molecule has 0 radical (unpaired) electrons. The summed E-state index contributed by atoms with van der Waals surface area (Å²) in [6, 6.07) is 6.54. The summed E-state index contributed by atoms with van der Waals surface area (Å²) in [4.78, 5) is 25.2. The Balaban J connectivity index is 1.97. The summed E-state index contributed by atoms with van der Waals surface area (Å²) in [5, 5.41) is 12.9. The maximum absolute atomic E-state index is 12.2.